The Morgan fingerprint density at radius 3 is 2.22 bits per heavy atom. The second kappa shape index (κ2) is 11.7. The smallest absolute Gasteiger partial charge is 0.255 e. The average Bonchev–Trinajstić information content (AvgIpc) is 3.33. The lowest BCUT2D eigenvalue weighted by atomic mass is 9.94. The standard InChI is InChI=1S/C28H30ClFN4O3/c1-3-33(4-2)21-15-22(27(36)31-19-10-8-18(29)9-11-19)23(16-21)28(37)32-25-13-12-20(17-24(25)30)34-14-6-5-7-26(34)35/h5-14,17,21-23H,3-4,15-16H2,1-2H3,(H,31,36)(H,32,37)/t21?,22-,23-/m0/s1. The zero-order chi connectivity index (χ0) is 26.5. The van der Waals surface area contributed by atoms with Crippen molar-refractivity contribution in [1.82, 2.24) is 9.47 Å². The molecule has 1 aromatic heterocycles. The van der Waals surface area contributed by atoms with Crippen molar-refractivity contribution in [2.24, 2.45) is 11.8 Å². The highest BCUT2D eigenvalue weighted by Gasteiger charge is 2.44. The van der Waals surface area contributed by atoms with Crippen molar-refractivity contribution in [2.45, 2.75) is 32.7 Å². The highest BCUT2D eigenvalue weighted by molar-refractivity contribution is 6.30. The summed E-state index contributed by atoms with van der Waals surface area (Å²) < 4.78 is 16.3. The molecule has 3 atom stereocenters. The molecule has 37 heavy (non-hydrogen) atoms. The van der Waals surface area contributed by atoms with E-state index in [1.54, 1.807) is 48.7 Å². The number of carbonyl (C=O) groups is 2. The lowest BCUT2D eigenvalue weighted by molar-refractivity contribution is -0.128. The van der Waals surface area contributed by atoms with Crippen LogP contribution in [0.15, 0.2) is 71.7 Å². The van der Waals surface area contributed by atoms with Crippen molar-refractivity contribution in [3.63, 3.8) is 0 Å². The minimum atomic E-state index is -0.665. The largest absolute Gasteiger partial charge is 0.326 e. The molecule has 1 fully saturated rings. The van der Waals surface area contributed by atoms with Crippen LogP contribution in [0.25, 0.3) is 5.69 Å². The summed E-state index contributed by atoms with van der Waals surface area (Å²) in [5.74, 6) is -2.53. The first-order valence-electron chi connectivity index (χ1n) is 12.4. The lowest BCUT2D eigenvalue weighted by Gasteiger charge is -2.26. The van der Waals surface area contributed by atoms with Crippen molar-refractivity contribution in [1.29, 1.82) is 0 Å². The molecule has 0 aliphatic heterocycles. The maximum Gasteiger partial charge on any atom is 0.255 e. The van der Waals surface area contributed by atoms with Gasteiger partial charge in [-0.3, -0.25) is 19.0 Å². The first-order valence-corrected chi connectivity index (χ1v) is 12.8. The summed E-state index contributed by atoms with van der Waals surface area (Å²) in [6.07, 6.45) is 2.56. The van der Waals surface area contributed by atoms with E-state index in [-0.39, 0.29) is 23.2 Å². The highest BCUT2D eigenvalue weighted by Crippen LogP contribution is 2.37. The third-order valence-electron chi connectivity index (χ3n) is 6.96. The molecule has 1 heterocycles. The van der Waals surface area contributed by atoms with Crippen LogP contribution in [-0.2, 0) is 9.59 Å². The van der Waals surface area contributed by atoms with Gasteiger partial charge < -0.3 is 15.5 Å². The fraction of sp³-hybridized carbons (Fsp3) is 0.321. The highest BCUT2D eigenvalue weighted by atomic mass is 35.5. The molecule has 1 saturated carbocycles. The van der Waals surface area contributed by atoms with E-state index in [0.717, 1.165) is 13.1 Å². The number of rotatable bonds is 8. The van der Waals surface area contributed by atoms with Crippen molar-refractivity contribution in [2.75, 3.05) is 23.7 Å². The molecule has 3 aromatic rings. The van der Waals surface area contributed by atoms with Crippen LogP contribution in [0.5, 0.6) is 0 Å². The lowest BCUT2D eigenvalue weighted by Crippen LogP contribution is -2.33. The predicted molar refractivity (Wildman–Crippen MR) is 144 cm³/mol. The number of amides is 2. The molecule has 1 unspecified atom stereocenters. The fourth-order valence-electron chi connectivity index (χ4n) is 5.02. The van der Waals surface area contributed by atoms with E-state index >= 15 is 0 Å². The van der Waals surface area contributed by atoms with E-state index in [9.17, 15) is 18.8 Å². The van der Waals surface area contributed by atoms with Crippen molar-refractivity contribution in [3.8, 4) is 5.69 Å². The predicted octanol–water partition coefficient (Wildman–Crippen LogP) is 4.94. The van der Waals surface area contributed by atoms with Gasteiger partial charge in [0.15, 0.2) is 0 Å². The minimum absolute atomic E-state index is 0.000814. The van der Waals surface area contributed by atoms with Gasteiger partial charge in [-0.25, -0.2) is 4.39 Å². The normalized spacial score (nSPS) is 19.1. The number of carbonyl (C=O) groups excluding carboxylic acids is 2. The van der Waals surface area contributed by atoms with E-state index in [4.69, 9.17) is 11.6 Å². The number of anilines is 2. The van der Waals surface area contributed by atoms with Gasteiger partial charge in [0.1, 0.15) is 5.82 Å². The van der Waals surface area contributed by atoms with E-state index in [1.807, 2.05) is 0 Å². The third kappa shape index (κ3) is 6.09. The first kappa shape index (κ1) is 26.6. The number of aromatic nitrogens is 1. The van der Waals surface area contributed by atoms with E-state index < -0.39 is 23.6 Å². The maximum atomic E-state index is 15.0. The number of nitrogens with zero attached hydrogens (tertiary/aromatic N) is 2. The van der Waals surface area contributed by atoms with Crippen LogP contribution in [0.1, 0.15) is 26.7 Å². The van der Waals surface area contributed by atoms with Gasteiger partial charge in [0.25, 0.3) is 5.56 Å². The number of hydrogen-bond acceptors (Lipinski definition) is 4. The van der Waals surface area contributed by atoms with Crippen LogP contribution >= 0.6 is 11.6 Å². The van der Waals surface area contributed by atoms with Gasteiger partial charge in [0.2, 0.25) is 11.8 Å². The summed E-state index contributed by atoms with van der Waals surface area (Å²) in [5.41, 5.74) is 0.656. The molecule has 0 spiro atoms. The van der Waals surface area contributed by atoms with Crippen LogP contribution < -0.4 is 16.2 Å². The monoisotopic (exact) mass is 524 g/mol. The van der Waals surface area contributed by atoms with E-state index in [0.29, 0.717) is 29.2 Å². The molecule has 1 aliphatic carbocycles. The Kier molecular flexibility index (Phi) is 8.41. The zero-order valence-corrected chi connectivity index (χ0v) is 21.5. The molecule has 7 nitrogen and oxygen atoms in total. The van der Waals surface area contributed by atoms with Gasteiger partial charge in [-0.05, 0) is 68.4 Å². The van der Waals surface area contributed by atoms with Gasteiger partial charge in [0, 0.05) is 35.1 Å². The van der Waals surface area contributed by atoms with Crippen LogP contribution in [0, 0.1) is 17.7 Å². The topological polar surface area (TPSA) is 83.4 Å². The molecule has 4 rings (SSSR count). The maximum absolute atomic E-state index is 15.0. The first-order chi connectivity index (χ1) is 17.8. The summed E-state index contributed by atoms with van der Waals surface area (Å²) in [7, 11) is 0. The Balaban J connectivity index is 1.54. The summed E-state index contributed by atoms with van der Waals surface area (Å²) in [6, 6.07) is 15.7. The number of nitrogens with one attached hydrogen (secondary N) is 2. The van der Waals surface area contributed by atoms with Crippen LogP contribution in [0.3, 0.4) is 0 Å². The van der Waals surface area contributed by atoms with Gasteiger partial charge >= 0.3 is 0 Å². The quantitative estimate of drug-likeness (QED) is 0.437. The zero-order valence-electron chi connectivity index (χ0n) is 20.8. The molecule has 0 saturated heterocycles. The molecule has 0 radical (unpaired) electrons. The molecule has 2 amide bonds. The average molecular weight is 525 g/mol. The summed E-state index contributed by atoms with van der Waals surface area (Å²) in [6.45, 7) is 5.70. The Labute approximate surface area is 220 Å². The second-order valence-electron chi connectivity index (χ2n) is 9.12. The molecule has 1 aliphatic rings. The summed E-state index contributed by atoms with van der Waals surface area (Å²) in [5, 5.41) is 6.13. The molecule has 0 bridgehead atoms. The van der Waals surface area contributed by atoms with Crippen LogP contribution in [0.2, 0.25) is 5.02 Å². The Bertz CT molecular complexity index is 1320. The molecule has 9 heteroatoms. The van der Waals surface area contributed by atoms with Gasteiger partial charge in [-0.1, -0.05) is 31.5 Å². The minimum Gasteiger partial charge on any atom is -0.326 e. The molecule has 194 valence electrons. The Hall–Kier alpha value is -3.49. The SMILES string of the molecule is CCN(CC)C1C[C@H](C(=O)Nc2ccc(Cl)cc2)[C@@H](C(=O)Nc2ccc(-n3ccccc3=O)cc2F)C1. The van der Waals surface area contributed by atoms with Crippen molar-refractivity contribution in [3.05, 3.63) is 88.1 Å². The Morgan fingerprint density at radius 1 is 0.973 bits per heavy atom. The number of benzene rings is 2. The molecular formula is C28H30ClFN4O3. The number of halogens is 2. The molecular weight excluding hydrogens is 495 g/mol. The van der Waals surface area contributed by atoms with Gasteiger partial charge in [0.05, 0.1) is 23.2 Å². The van der Waals surface area contributed by atoms with Crippen molar-refractivity contribution >= 4 is 34.8 Å². The Morgan fingerprint density at radius 2 is 1.62 bits per heavy atom. The van der Waals surface area contributed by atoms with Crippen molar-refractivity contribution < 1.29 is 14.0 Å². The summed E-state index contributed by atoms with van der Waals surface area (Å²) >= 11 is 5.95. The van der Waals surface area contributed by atoms with E-state index in [1.165, 1.54) is 22.8 Å². The third-order valence-corrected chi connectivity index (χ3v) is 7.21. The second-order valence-corrected chi connectivity index (χ2v) is 9.55. The van der Waals surface area contributed by atoms with Crippen LogP contribution in [0.4, 0.5) is 15.8 Å². The fourth-order valence-corrected chi connectivity index (χ4v) is 5.14. The van der Waals surface area contributed by atoms with E-state index in [2.05, 4.69) is 29.4 Å². The molecule has 2 aromatic carbocycles. The van der Waals surface area contributed by atoms with Crippen LogP contribution in [-0.4, -0.2) is 40.4 Å². The number of pyridine rings is 1. The molecule has 2 N–H and O–H groups in total. The number of hydrogen-bond donors (Lipinski definition) is 2. The van der Waals surface area contributed by atoms with Gasteiger partial charge in [-0.15, -0.1) is 0 Å². The summed E-state index contributed by atoms with van der Waals surface area (Å²) in [4.78, 5) is 41.0. The van der Waals surface area contributed by atoms with Gasteiger partial charge in [-0.2, -0.15) is 0 Å².